The first-order valence-electron chi connectivity index (χ1n) is 8.78. The van der Waals surface area contributed by atoms with E-state index >= 15 is 0 Å². The molecule has 1 saturated heterocycles. The maximum Gasteiger partial charge on any atom is 0.0775 e. The largest absolute Gasteiger partial charge is 0.383 e. The van der Waals surface area contributed by atoms with Crippen molar-refractivity contribution in [3.8, 4) is 0 Å². The molecule has 2 aromatic heterocycles. The number of hydrogen-bond donors (Lipinski definition) is 1. The lowest BCUT2D eigenvalue weighted by Gasteiger charge is -2.39. The summed E-state index contributed by atoms with van der Waals surface area (Å²) >= 11 is 0. The molecule has 5 heteroatoms. The molecule has 1 N–H and O–H groups in total. The van der Waals surface area contributed by atoms with Gasteiger partial charge in [0.25, 0.3) is 0 Å². The summed E-state index contributed by atoms with van der Waals surface area (Å²) in [6.45, 7) is 3.76. The van der Waals surface area contributed by atoms with E-state index in [9.17, 15) is 0 Å². The summed E-state index contributed by atoms with van der Waals surface area (Å²) in [7, 11) is 0. The Morgan fingerprint density at radius 1 is 1.12 bits per heavy atom. The van der Waals surface area contributed by atoms with E-state index in [0.29, 0.717) is 18.1 Å². The van der Waals surface area contributed by atoms with Gasteiger partial charge < -0.3 is 10.1 Å². The summed E-state index contributed by atoms with van der Waals surface area (Å²) in [5, 5.41) is 3.51. The van der Waals surface area contributed by atoms with Gasteiger partial charge in [-0.05, 0) is 36.6 Å². The molecule has 4 rings (SSSR count). The number of ether oxygens (including phenoxy) is 1. The van der Waals surface area contributed by atoms with Crippen LogP contribution < -0.4 is 5.32 Å². The van der Waals surface area contributed by atoms with Crippen LogP contribution in [0.3, 0.4) is 0 Å². The highest BCUT2D eigenvalue weighted by Gasteiger charge is 2.42. The second-order valence-electron chi connectivity index (χ2n) is 6.69. The molecule has 0 aromatic carbocycles. The lowest BCUT2D eigenvalue weighted by atomic mass is 10.0. The lowest BCUT2D eigenvalue weighted by molar-refractivity contribution is -0.0745. The second kappa shape index (κ2) is 7.28. The van der Waals surface area contributed by atoms with Crippen molar-refractivity contribution < 1.29 is 4.74 Å². The van der Waals surface area contributed by atoms with Crippen LogP contribution in [0.5, 0.6) is 0 Å². The summed E-state index contributed by atoms with van der Waals surface area (Å²) in [6, 6.07) is 8.73. The van der Waals surface area contributed by atoms with Gasteiger partial charge in [-0.2, -0.15) is 0 Å². The van der Waals surface area contributed by atoms with Gasteiger partial charge in [0, 0.05) is 56.4 Å². The molecule has 126 valence electrons. The molecule has 0 spiro atoms. The van der Waals surface area contributed by atoms with Gasteiger partial charge in [-0.1, -0.05) is 6.07 Å². The van der Waals surface area contributed by atoms with Crippen LogP contribution in [-0.4, -0.2) is 46.7 Å². The number of hydrogen-bond acceptors (Lipinski definition) is 5. The molecule has 2 fully saturated rings. The van der Waals surface area contributed by atoms with Gasteiger partial charge in [0.15, 0.2) is 0 Å². The maximum absolute atomic E-state index is 6.16. The van der Waals surface area contributed by atoms with Crippen molar-refractivity contribution in [2.24, 2.45) is 5.92 Å². The van der Waals surface area contributed by atoms with Crippen LogP contribution in [0.2, 0.25) is 0 Å². The molecule has 2 aromatic rings. The number of pyridine rings is 2. The Hall–Kier alpha value is -1.98. The third-order valence-electron chi connectivity index (χ3n) is 5.17. The highest BCUT2D eigenvalue weighted by atomic mass is 16.5. The summed E-state index contributed by atoms with van der Waals surface area (Å²) in [5.41, 5.74) is 2.37. The van der Waals surface area contributed by atoms with E-state index in [1.165, 1.54) is 18.4 Å². The van der Waals surface area contributed by atoms with Gasteiger partial charge in [-0.15, -0.1) is 0 Å². The van der Waals surface area contributed by atoms with E-state index in [1.807, 2.05) is 30.7 Å². The lowest BCUT2D eigenvalue weighted by Crippen LogP contribution is -2.50. The van der Waals surface area contributed by atoms with Crippen molar-refractivity contribution in [3.63, 3.8) is 0 Å². The monoisotopic (exact) mass is 324 g/mol. The van der Waals surface area contributed by atoms with E-state index in [-0.39, 0.29) is 0 Å². The molecule has 0 radical (unpaired) electrons. The van der Waals surface area contributed by atoms with E-state index in [0.717, 1.165) is 31.9 Å². The van der Waals surface area contributed by atoms with Crippen LogP contribution in [0.1, 0.15) is 18.4 Å². The van der Waals surface area contributed by atoms with Crippen molar-refractivity contribution in [2.45, 2.75) is 31.5 Å². The first kappa shape index (κ1) is 15.5. The van der Waals surface area contributed by atoms with Gasteiger partial charge >= 0.3 is 0 Å². The van der Waals surface area contributed by atoms with Gasteiger partial charge in [-0.3, -0.25) is 14.9 Å². The molecule has 0 unspecified atom stereocenters. The molecule has 0 bridgehead atoms. The average Bonchev–Trinajstić information content (AvgIpc) is 3.06. The zero-order valence-corrected chi connectivity index (χ0v) is 13.8. The van der Waals surface area contributed by atoms with Crippen molar-refractivity contribution in [3.05, 3.63) is 54.6 Å². The first-order chi connectivity index (χ1) is 11.9. The second-order valence-corrected chi connectivity index (χ2v) is 6.69. The fourth-order valence-corrected chi connectivity index (χ4v) is 3.99. The molecule has 2 aliphatic rings. The Bertz CT molecular complexity index is 636. The summed E-state index contributed by atoms with van der Waals surface area (Å²) in [5.74, 6) is 0.562. The molecule has 1 aliphatic heterocycles. The highest BCUT2D eigenvalue weighted by Crippen LogP contribution is 2.35. The number of nitrogens with one attached hydrogen (secondary N) is 1. The number of aromatic nitrogens is 2. The first-order valence-corrected chi connectivity index (χ1v) is 8.78. The minimum absolute atomic E-state index is 0.333. The zero-order valence-electron chi connectivity index (χ0n) is 13.8. The SMILES string of the molecule is c1cncc(CN2CCO[C@@H]3[C@@H](CNc4cccnc4)CC[C@@H]32)c1. The van der Waals surface area contributed by atoms with Crippen molar-refractivity contribution in [1.29, 1.82) is 0 Å². The van der Waals surface area contributed by atoms with Crippen molar-refractivity contribution in [2.75, 3.05) is 25.0 Å². The average molecular weight is 324 g/mol. The Balaban J connectivity index is 1.37. The van der Waals surface area contributed by atoms with Crippen molar-refractivity contribution in [1.82, 2.24) is 14.9 Å². The number of rotatable bonds is 5. The summed E-state index contributed by atoms with van der Waals surface area (Å²) in [4.78, 5) is 11.0. The molecular weight excluding hydrogens is 300 g/mol. The smallest absolute Gasteiger partial charge is 0.0775 e. The predicted octanol–water partition coefficient (Wildman–Crippen LogP) is 2.57. The fourth-order valence-electron chi connectivity index (χ4n) is 3.99. The minimum Gasteiger partial charge on any atom is -0.383 e. The Kier molecular flexibility index (Phi) is 4.71. The summed E-state index contributed by atoms with van der Waals surface area (Å²) in [6.07, 6.45) is 10.2. The van der Waals surface area contributed by atoms with Crippen LogP contribution in [0, 0.1) is 5.92 Å². The Labute approximate surface area is 143 Å². The van der Waals surface area contributed by atoms with Crippen LogP contribution in [-0.2, 0) is 11.3 Å². The Morgan fingerprint density at radius 3 is 2.79 bits per heavy atom. The van der Waals surface area contributed by atoms with Crippen molar-refractivity contribution >= 4 is 5.69 Å². The van der Waals surface area contributed by atoms with Gasteiger partial charge in [-0.25, -0.2) is 0 Å². The maximum atomic E-state index is 6.16. The number of fused-ring (bicyclic) bond motifs is 1. The van der Waals surface area contributed by atoms with Gasteiger partial charge in [0.2, 0.25) is 0 Å². The summed E-state index contributed by atoms with van der Waals surface area (Å²) < 4.78 is 6.16. The van der Waals surface area contributed by atoms with Gasteiger partial charge in [0.05, 0.1) is 18.4 Å². The molecule has 3 heterocycles. The van der Waals surface area contributed by atoms with E-state index < -0.39 is 0 Å². The topological polar surface area (TPSA) is 50.3 Å². The van der Waals surface area contributed by atoms with Crippen LogP contribution >= 0.6 is 0 Å². The third-order valence-corrected chi connectivity index (χ3v) is 5.17. The molecule has 0 amide bonds. The van der Waals surface area contributed by atoms with Crippen LogP contribution in [0.25, 0.3) is 0 Å². The van der Waals surface area contributed by atoms with Crippen LogP contribution in [0.15, 0.2) is 49.1 Å². The van der Waals surface area contributed by atoms with E-state index in [2.05, 4.69) is 32.3 Å². The Morgan fingerprint density at radius 2 is 2.00 bits per heavy atom. The predicted molar refractivity (Wildman–Crippen MR) is 93.6 cm³/mol. The van der Waals surface area contributed by atoms with E-state index in [4.69, 9.17) is 4.74 Å². The molecule has 5 nitrogen and oxygen atoms in total. The molecule has 1 aliphatic carbocycles. The fraction of sp³-hybridized carbons (Fsp3) is 0.474. The molecule has 24 heavy (non-hydrogen) atoms. The molecular formula is C19H24N4O. The molecule has 3 atom stereocenters. The highest BCUT2D eigenvalue weighted by molar-refractivity contribution is 5.39. The quantitative estimate of drug-likeness (QED) is 0.916. The third kappa shape index (κ3) is 3.42. The van der Waals surface area contributed by atoms with Crippen LogP contribution in [0.4, 0.5) is 5.69 Å². The number of anilines is 1. The number of nitrogens with zero attached hydrogens (tertiary/aromatic N) is 3. The van der Waals surface area contributed by atoms with Gasteiger partial charge in [0.1, 0.15) is 0 Å². The standard InChI is InChI=1S/C19H24N4O/c1-3-15(11-20-7-1)14-23-9-10-24-19-16(5-6-18(19)23)12-22-17-4-2-8-21-13-17/h1-4,7-8,11,13,16,18-19,22H,5-6,9-10,12,14H2/t16-,18+,19-/m1/s1. The normalized spacial score (nSPS) is 26.9. The number of morpholine rings is 1. The minimum atomic E-state index is 0.333. The van der Waals surface area contributed by atoms with E-state index in [1.54, 1.807) is 6.20 Å². The molecule has 1 saturated carbocycles. The zero-order chi connectivity index (χ0) is 16.2.